The van der Waals surface area contributed by atoms with Crippen LogP contribution in [0.4, 0.5) is 4.39 Å². The number of ether oxygens (including phenoxy) is 2. The van der Waals surface area contributed by atoms with Gasteiger partial charge in [-0.05, 0) is 29.7 Å². The van der Waals surface area contributed by atoms with Gasteiger partial charge in [-0.25, -0.2) is 4.39 Å². The Morgan fingerprint density at radius 1 is 1.21 bits per heavy atom. The molecule has 2 nitrogen and oxygen atoms in total. The molecule has 1 aliphatic rings. The first-order chi connectivity index (χ1) is 8.99. The van der Waals surface area contributed by atoms with Gasteiger partial charge in [0.25, 0.3) is 5.79 Å². The van der Waals surface area contributed by atoms with Gasteiger partial charge in [-0.3, -0.25) is 0 Å². The minimum Gasteiger partial charge on any atom is -0.445 e. The first-order valence-electron chi connectivity index (χ1n) is 5.93. The van der Waals surface area contributed by atoms with Crippen molar-refractivity contribution in [3.8, 4) is 11.5 Å². The van der Waals surface area contributed by atoms with Crippen molar-refractivity contribution < 1.29 is 13.9 Å². The number of hydrogen-bond acceptors (Lipinski definition) is 2. The highest BCUT2D eigenvalue weighted by molar-refractivity contribution is 6.34. The minimum atomic E-state index is -1.16. The Balaban J connectivity index is 2.06. The molecule has 0 spiro atoms. The van der Waals surface area contributed by atoms with Crippen molar-refractivity contribution in [3.05, 3.63) is 52.8 Å². The lowest BCUT2D eigenvalue weighted by molar-refractivity contribution is -0.0703. The molecule has 2 aromatic rings. The maximum Gasteiger partial charge on any atom is 0.278 e. The second-order valence-corrected chi connectivity index (χ2v) is 5.11. The Hall–Kier alpha value is -1.68. The molecule has 1 atom stereocenters. The van der Waals surface area contributed by atoms with E-state index in [0.717, 1.165) is 5.46 Å². The first kappa shape index (κ1) is 12.4. The predicted molar refractivity (Wildman–Crippen MR) is 74.6 cm³/mol. The van der Waals surface area contributed by atoms with E-state index in [9.17, 15) is 4.39 Å². The zero-order chi connectivity index (χ0) is 13.6. The molecule has 2 aromatic carbocycles. The number of rotatable bonds is 1. The molecule has 96 valence electrons. The second kappa shape index (κ2) is 4.17. The number of halogens is 2. The zero-order valence-electron chi connectivity index (χ0n) is 10.5. The normalized spacial score (nSPS) is 20.6. The molecule has 0 N–H and O–H groups in total. The summed E-state index contributed by atoms with van der Waals surface area (Å²) in [7, 11) is 1.92. The third-order valence-corrected chi connectivity index (χ3v) is 3.43. The fourth-order valence-electron chi connectivity index (χ4n) is 2.23. The average molecular weight is 277 g/mol. The minimum absolute atomic E-state index is 0.326. The van der Waals surface area contributed by atoms with Crippen molar-refractivity contribution in [1.82, 2.24) is 0 Å². The summed E-state index contributed by atoms with van der Waals surface area (Å²) in [6.45, 7) is 1.69. The van der Waals surface area contributed by atoms with Crippen LogP contribution < -0.4 is 14.9 Å². The van der Waals surface area contributed by atoms with Crippen LogP contribution in [0.25, 0.3) is 0 Å². The van der Waals surface area contributed by atoms with E-state index in [0.29, 0.717) is 22.1 Å². The molecule has 3 rings (SSSR count). The summed E-state index contributed by atoms with van der Waals surface area (Å²) < 4.78 is 25.6. The van der Waals surface area contributed by atoms with Crippen molar-refractivity contribution >= 4 is 24.9 Å². The summed E-state index contributed by atoms with van der Waals surface area (Å²) in [5, 5.41) is 0.344. The lowest BCUT2D eigenvalue weighted by Gasteiger charge is -2.24. The van der Waals surface area contributed by atoms with Crippen molar-refractivity contribution in [2.45, 2.75) is 12.7 Å². The standard InChI is InChI=1S/C14H11BClFO2/c1-14(9-6-5-8(16)7-11(9)17)18-12-4-2-3-10(15)13(12)19-14/h2-7H,15H2,1H3. The molecule has 0 radical (unpaired) electrons. The van der Waals surface area contributed by atoms with Crippen LogP contribution in [0.15, 0.2) is 36.4 Å². The van der Waals surface area contributed by atoms with E-state index in [1.54, 1.807) is 25.1 Å². The summed E-state index contributed by atoms with van der Waals surface area (Å²) in [6, 6.07) is 10.1. The van der Waals surface area contributed by atoms with Crippen LogP contribution in [-0.2, 0) is 5.79 Å². The number of para-hydroxylation sites is 1. The topological polar surface area (TPSA) is 18.5 Å². The Bertz CT molecular complexity index is 662. The van der Waals surface area contributed by atoms with Crippen LogP contribution in [0.2, 0.25) is 5.02 Å². The van der Waals surface area contributed by atoms with Gasteiger partial charge in [-0.2, -0.15) is 0 Å². The fourth-order valence-corrected chi connectivity index (χ4v) is 2.39. The molecule has 1 heterocycles. The maximum absolute atomic E-state index is 14.0. The Kier molecular flexibility index (Phi) is 2.71. The largest absolute Gasteiger partial charge is 0.445 e. The van der Waals surface area contributed by atoms with Crippen molar-refractivity contribution in [2.24, 2.45) is 0 Å². The molecule has 0 amide bonds. The number of benzene rings is 2. The summed E-state index contributed by atoms with van der Waals surface area (Å²) in [5.74, 6) is -0.333. The van der Waals surface area contributed by atoms with Crippen LogP contribution >= 0.6 is 11.6 Å². The van der Waals surface area contributed by atoms with Gasteiger partial charge < -0.3 is 9.47 Å². The second-order valence-electron chi connectivity index (χ2n) is 4.68. The zero-order valence-corrected chi connectivity index (χ0v) is 11.3. The fraction of sp³-hybridized carbons (Fsp3) is 0.143. The molecule has 19 heavy (non-hydrogen) atoms. The smallest absolute Gasteiger partial charge is 0.278 e. The van der Waals surface area contributed by atoms with E-state index in [-0.39, 0.29) is 0 Å². The highest BCUT2D eigenvalue weighted by Gasteiger charge is 2.41. The molecule has 0 saturated carbocycles. The highest BCUT2D eigenvalue weighted by atomic mass is 35.5. The average Bonchev–Trinajstić information content (AvgIpc) is 2.68. The lowest BCUT2D eigenvalue weighted by Crippen LogP contribution is -2.33. The predicted octanol–water partition coefficient (Wildman–Crippen LogP) is 2.38. The molecule has 5 heteroatoms. The molecule has 1 unspecified atom stereocenters. The number of fused-ring (bicyclic) bond motifs is 1. The van der Waals surface area contributed by atoms with Crippen molar-refractivity contribution in [3.63, 3.8) is 0 Å². The summed E-state index contributed by atoms with van der Waals surface area (Å²) in [5.41, 5.74) is 1.28. The quantitative estimate of drug-likeness (QED) is 0.745. The van der Waals surface area contributed by atoms with Crippen LogP contribution in [0.5, 0.6) is 11.5 Å². The number of hydrogen-bond donors (Lipinski definition) is 0. The third-order valence-electron chi connectivity index (χ3n) is 3.20. The SMILES string of the molecule is Bc1cccc2c1OC(C)(c1ccc(Cl)cc1F)O2. The molecule has 1 aliphatic heterocycles. The van der Waals surface area contributed by atoms with Gasteiger partial charge in [0, 0.05) is 11.9 Å². The summed E-state index contributed by atoms with van der Waals surface area (Å²) >= 11 is 5.76. The first-order valence-corrected chi connectivity index (χ1v) is 6.30. The Morgan fingerprint density at radius 3 is 2.68 bits per heavy atom. The van der Waals surface area contributed by atoms with Crippen LogP contribution in [0, 0.1) is 5.82 Å². The van der Waals surface area contributed by atoms with Crippen LogP contribution in [0.1, 0.15) is 12.5 Å². The monoisotopic (exact) mass is 276 g/mol. The van der Waals surface area contributed by atoms with E-state index in [2.05, 4.69) is 0 Å². The molecule has 0 fully saturated rings. The van der Waals surface area contributed by atoms with Gasteiger partial charge in [0.05, 0.1) is 5.56 Å². The van der Waals surface area contributed by atoms with Crippen LogP contribution in [-0.4, -0.2) is 7.85 Å². The molecular weight excluding hydrogens is 265 g/mol. The van der Waals surface area contributed by atoms with Gasteiger partial charge in [0.1, 0.15) is 13.7 Å². The Labute approximate surface area is 116 Å². The van der Waals surface area contributed by atoms with Crippen molar-refractivity contribution in [1.29, 1.82) is 0 Å². The van der Waals surface area contributed by atoms with E-state index < -0.39 is 11.6 Å². The van der Waals surface area contributed by atoms with Gasteiger partial charge >= 0.3 is 0 Å². The van der Waals surface area contributed by atoms with Crippen molar-refractivity contribution in [2.75, 3.05) is 0 Å². The highest BCUT2D eigenvalue weighted by Crippen LogP contribution is 2.43. The lowest BCUT2D eigenvalue weighted by atomic mass is 9.95. The maximum atomic E-state index is 14.0. The van der Waals surface area contributed by atoms with E-state index in [4.69, 9.17) is 21.1 Å². The molecule has 0 saturated heterocycles. The third kappa shape index (κ3) is 1.96. The summed E-state index contributed by atoms with van der Waals surface area (Å²) in [6.07, 6.45) is 0. The van der Waals surface area contributed by atoms with Gasteiger partial charge in [0.2, 0.25) is 0 Å². The van der Waals surface area contributed by atoms with E-state index in [1.165, 1.54) is 6.07 Å². The molecule has 0 bridgehead atoms. The van der Waals surface area contributed by atoms with Gasteiger partial charge in [-0.1, -0.05) is 23.7 Å². The summed E-state index contributed by atoms with van der Waals surface area (Å²) in [4.78, 5) is 0. The molecular formula is C14H11BClFO2. The molecule has 0 aromatic heterocycles. The van der Waals surface area contributed by atoms with Gasteiger partial charge in [0.15, 0.2) is 11.5 Å². The van der Waals surface area contributed by atoms with Gasteiger partial charge in [-0.15, -0.1) is 0 Å². The van der Waals surface area contributed by atoms with Crippen LogP contribution in [0.3, 0.4) is 0 Å². The molecule has 0 aliphatic carbocycles. The Morgan fingerprint density at radius 2 is 2.00 bits per heavy atom. The van der Waals surface area contributed by atoms with E-state index >= 15 is 0 Å². The van der Waals surface area contributed by atoms with E-state index in [1.807, 2.05) is 20.0 Å².